The number of phenolic OH excluding ortho intramolecular Hbond substituents is 2. The Morgan fingerprint density at radius 3 is 1.96 bits per heavy atom. The van der Waals surface area contributed by atoms with Gasteiger partial charge in [0.15, 0.2) is 11.5 Å². The maximum atomic E-state index is 12.4. The van der Waals surface area contributed by atoms with Crippen molar-refractivity contribution >= 4 is 75.6 Å². The predicted octanol–water partition coefficient (Wildman–Crippen LogP) is 8.27. The summed E-state index contributed by atoms with van der Waals surface area (Å²) in [6, 6.07) is 26.5. The van der Waals surface area contributed by atoms with E-state index in [1.807, 2.05) is 0 Å². The van der Waals surface area contributed by atoms with Gasteiger partial charge in [0.25, 0.3) is 20.2 Å². The Bertz CT molecular complexity index is 2750. The third-order valence-corrected chi connectivity index (χ3v) is 9.38. The topological polar surface area (TPSA) is 227 Å². The minimum Gasteiger partial charge on any atom is -0.505 e. The molecule has 0 amide bonds. The van der Waals surface area contributed by atoms with Gasteiger partial charge in [-0.15, -0.1) is 10.2 Å². The number of nitrogens with one attached hydrogen (secondary N) is 1. The molecule has 0 fully saturated rings. The van der Waals surface area contributed by atoms with E-state index in [9.17, 15) is 36.2 Å². The van der Waals surface area contributed by atoms with Gasteiger partial charge in [0.05, 0.1) is 22.4 Å². The maximum absolute atomic E-state index is 12.4. The monoisotopic (exact) mass is 694 g/mol. The summed E-state index contributed by atoms with van der Waals surface area (Å²) < 4.78 is 68.8. The lowest BCUT2D eigenvalue weighted by atomic mass is 10.1. The van der Waals surface area contributed by atoms with E-state index >= 15 is 0 Å². The zero-order valence-electron chi connectivity index (χ0n) is 24.8. The molecule has 244 valence electrons. The van der Waals surface area contributed by atoms with Crippen molar-refractivity contribution in [3.63, 3.8) is 0 Å². The van der Waals surface area contributed by atoms with Gasteiger partial charge in [0.2, 0.25) is 0 Å². The zero-order chi connectivity index (χ0) is 34.5. The number of nitrogens with zero attached hydrogens (tertiary/aromatic N) is 5. The predicted molar refractivity (Wildman–Crippen MR) is 181 cm³/mol. The Hall–Kier alpha value is -6.07. The largest absolute Gasteiger partial charge is 0.505 e. The van der Waals surface area contributed by atoms with Crippen LogP contribution in [-0.2, 0) is 20.2 Å². The van der Waals surface area contributed by atoms with E-state index < -0.39 is 41.5 Å². The number of hydrogen-bond acceptors (Lipinski definition) is 11. The van der Waals surface area contributed by atoms with Gasteiger partial charge >= 0.3 is 0 Å². The number of aromatic amines is 1. The number of fused-ring (bicyclic) bond motifs is 4. The van der Waals surface area contributed by atoms with Crippen LogP contribution in [0.3, 0.4) is 0 Å². The number of benzene rings is 6. The Balaban J connectivity index is 1.29. The Labute approximate surface area is 277 Å². The first kappa shape index (κ1) is 31.5. The number of aromatic nitrogens is 2. The molecule has 1 heterocycles. The van der Waals surface area contributed by atoms with E-state index in [-0.39, 0.29) is 33.0 Å². The number of phenols is 2. The van der Waals surface area contributed by atoms with E-state index in [1.54, 1.807) is 72.8 Å². The Kier molecular flexibility index (Phi) is 7.64. The Morgan fingerprint density at radius 1 is 0.571 bits per heavy atom. The average molecular weight is 695 g/mol. The molecule has 0 saturated heterocycles. The molecule has 1 aromatic heterocycles. The van der Waals surface area contributed by atoms with Crippen LogP contribution in [0.2, 0.25) is 0 Å². The van der Waals surface area contributed by atoms with Crippen LogP contribution in [0.1, 0.15) is 0 Å². The molecule has 14 nitrogen and oxygen atoms in total. The molecule has 0 atom stereocenters. The molecular formula is C33H22N6O8S2. The van der Waals surface area contributed by atoms with Crippen molar-refractivity contribution in [2.75, 3.05) is 0 Å². The van der Waals surface area contributed by atoms with Gasteiger partial charge in [-0.2, -0.15) is 27.1 Å². The standard InChI is InChI=1S/C33H22N6O8S2/c40-31-22-12-5-4-11-21(22)27(48(42,43)44)17-26(31)38-37-20-10-6-7-18(15-20)33-34-25-14-13-23-24(29(25)35-33)16-28(49(45,46)47)30(32(23)41)39-36-19-8-2-1-3-9-19/h1-17,40-41H,(H,34,35)(H,42,43,44)(H,45,46,47). The smallest absolute Gasteiger partial charge is 0.296 e. The third-order valence-electron chi connectivity index (χ3n) is 7.62. The second-order valence-corrected chi connectivity index (χ2v) is 13.5. The quantitative estimate of drug-likeness (QED) is 0.0797. The summed E-state index contributed by atoms with van der Waals surface area (Å²) in [6.45, 7) is 0. The molecular weight excluding hydrogens is 673 g/mol. The van der Waals surface area contributed by atoms with Crippen LogP contribution in [0.15, 0.2) is 133 Å². The van der Waals surface area contributed by atoms with Crippen molar-refractivity contribution in [1.82, 2.24) is 9.97 Å². The van der Waals surface area contributed by atoms with E-state index in [1.165, 1.54) is 24.3 Å². The molecule has 0 aliphatic rings. The lowest BCUT2D eigenvalue weighted by Crippen LogP contribution is -1.99. The first-order chi connectivity index (χ1) is 23.4. The summed E-state index contributed by atoms with van der Waals surface area (Å²) in [4.78, 5) is 6.64. The fraction of sp³-hybridized carbons (Fsp3) is 0. The van der Waals surface area contributed by atoms with Crippen molar-refractivity contribution in [2.24, 2.45) is 20.5 Å². The van der Waals surface area contributed by atoms with Gasteiger partial charge in [0, 0.05) is 27.1 Å². The average Bonchev–Trinajstić information content (AvgIpc) is 3.52. The number of H-pyrrole nitrogens is 1. The van der Waals surface area contributed by atoms with Gasteiger partial charge in [-0.3, -0.25) is 9.11 Å². The second-order valence-electron chi connectivity index (χ2n) is 10.7. The third kappa shape index (κ3) is 5.96. The molecule has 0 unspecified atom stereocenters. The van der Waals surface area contributed by atoms with Gasteiger partial charge in [-0.1, -0.05) is 54.6 Å². The maximum Gasteiger partial charge on any atom is 0.296 e. The van der Waals surface area contributed by atoms with Crippen molar-refractivity contribution in [3.8, 4) is 22.9 Å². The highest BCUT2D eigenvalue weighted by atomic mass is 32.2. The van der Waals surface area contributed by atoms with Crippen molar-refractivity contribution in [2.45, 2.75) is 9.79 Å². The minimum atomic E-state index is -4.86. The minimum absolute atomic E-state index is 0.116. The van der Waals surface area contributed by atoms with E-state index in [2.05, 4.69) is 30.4 Å². The van der Waals surface area contributed by atoms with Crippen LogP contribution in [0.5, 0.6) is 11.5 Å². The Morgan fingerprint density at radius 2 is 1.22 bits per heavy atom. The lowest BCUT2D eigenvalue weighted by Gasteiger charge is -2.09. The van der Waals surface area contributed by atoms with Crippen LogP contribution < -0.4 is 0 Å². The first-order valence-corrected chi connectivity index (χ1v) is 17.1. The molecule has 49 heavy (non-hydrogen) atoms. The fourth-order valence-corrected chi connectivity index (χ4v) is 6.73. The van der Waals surface area contributed by atoms with Crippen LogP contribution in [0.4, 0.5) is 22.7 Å². The second kappa shape index (κ2) is 11.9. The SMILES string of the molecule is O=S(=O)(O)c1cc2c(ccc3nc(-c4cccc(N=Nc5cc(S(=O)(=O)O)c6ccccc6c5O)c4)[nH]c32)c(O)c1N=Nc1ccccc1. The molecule has 5 N–H and O–H groups in total. The molecule has 0 spiro atoms. The van der Waals surface area contributed by atoms with E-state index in [0.717, 1.165) is 6.07 Å². The fourth-order valence-electron chi connectivity index (χ4n) is 5.36. The van der Waals surface area contributed by atoms with Gasteiger partial charge in [0.1, 0.15) is 27.0 Å². The summed E-state index contributed by atoms with van der Waals surface area (Å²) >= 11 is 0. The van der Waals surface area contributed by atoms with Crippen molar-refractivity contribution in [3.05, 3.63) is 103 Å². The molecule has 0 radical (unpaired) electrons. The van der Waals surface area contributed by atoms with Crippen LogP contribution in [-0.4, -0.2) is 46.1 Å². The number of imidazole rings is 1. The molecule has 7 aromatic rings. The summed E-state index contributed by atoms with van der Waals surface area (Å²) in [7, 11) is -9.51. The van der Waals surface area contributed by atoms with Crippen LogP contribution >= 0.6 is 0 Å². The molecule has 0 aliphatic heterocycles. The van der Waals surface area contributed by atoms with E-state index in [4.69, 9.17) is 0 Å². The highest BCUT2D eigenvalue weighted by Gasteiger charge is 2.24. The summed E-state index contributed by atoms with van der Waals surface area (Å²) in [6.07, 6.45) is 0. The number of azo groups is 2. The van der Waals surface area contributed by atoms with Crippen LogP contribution in [0, 0.1) is 0 Å². The number of aromatic hydroxyl groups is 2. The molecule has 0 saturated carbocycles. The molecule has 0 bridgehead atoms. The highest BCUT2D eigenvalue weighted by molar-refractivity contribution is 7.86. The number of hydrogen-bond donors (Lipinski definition) is 5. The van der Waals surface area contributed by atoms with Crippen molar-refractivity contribution < 1.29 is 36.2 Å². The van der Waals surface area contributed by atoms with Gasteiger partial charge in [-0.25, -0.2) is 4.98 Å². The number of rotatable bonds is 7. The highest BCUT2D eigenvalue weighted by Crippen LogP contribution is 2.44. The molecule has 16 heteroatoms. The van der Waals surface area contributed by atoms with Gasteiger partial charge < -0.3 is 15.2 Å². The normalized spacial score (nSPS) is 12.6. The molecule has 7 rings (SSSR count). The molecule has 0 aliphatic carbocycles. The first-order valence-electron chi connectivity index (χ1n) is 14.3. The zero-order valence-corrected chi connectivity index (χ0v) is 26.4. The molecule has 6 aromatic carbocycles. The summed E-state index contributed by atoms with van der Waals surface area (Å²) in [5.74, 6) is -0.508. The van der Waals surface area contributed by atoms with Gasteiger partial charge in [-0.05, 0) is 48.5 Å². The summed E-state index contributed by atoms with van der Waals surface area (Å²) in [5.41, 5.74) is 1.35. The summed E-state index contributed by atoms with van der Waals surface area (Å²) in [5, 5.41) is 38.8. The van der Waals surface area contributed by atoms with Crippen LogP contribution in [0.25, 0.3) is 44.0 Å². The van der Waals surface area contributed by atoms with Crippen molar-refractivity contribution in [1.29, 1.82) is 0 Å². The lowest BCUT2D eigenvalue weighted by molar-refractivity contribution is 0.472. The van der Waals surface area contributed by atoms with E-state index in [0.29, 0.717) is 33.8 Å².